The van der Waals surface area contributed by atoms with E-state index in [-0.39, 0.29) is 6.54 Å². The number of nitrogens with zero attached hydrogens (tertiary/aromatic N) is 4. The summed E-state index contributed by atoms with van der Waals surface area (Å²) >= 11 is 11.9. The summed E-state index contributed by atoms with van der Waals surface area (Å²) in [5.41, 5.74) is 2.54. The first kappa shape index (κ1) is 15.0. The fraction of sp³-hybridized carbons (Fsp3) is 0.0625. The topological polar surface area (TPSA) is 65.8 Å². The van der Waals surface area contributed by atoms with Crippen LogP contribution in [0, 0.1) is 0 Å². The van der Waals surface area contributed by atoms with Crippen molar-refractivity contribution in [2.24, 2.45) is 0 Å². The summed E-state index contributed by atoms with van der Waals surface area (Å²) in [6.07, 6.45) is 1.75. The van der Waals surface area contributed by atoms with Gasteiger partial charge in [0.15, 0.2) is 5.58 Å². The van der Waals surface area contributed by atoms with Gasteiger partial charge in [0.25, 0.3) is 0 Å². The third-order valence-electron chi connectivity index (χ3n) is 3.58. The predicted molar refractivity (Wildman–Crippen MR) is 91.0 cm³/mol. The van der Waals surface area contributed by atoms with Crippen LogP contribution in [0.15, 0.2) is 57.9 Å². The van der Waals surface area contributed by atoms with Crippen LogP contribution in [-0.4, -0.2) is 19.6 Å². The second kappa shape index (κ2) is 5.81. The van der Waals surface area contributed by atoms with Gasteiger partial charge in [0.2, 0.25) is 0 Å². The van der Waals surface area contributed by atoms with E-state index in [9.17, 15) is 4.79 Å². The molecule has 0 bridgehead atoms. The molecule has 24 heavy (non-hydrogen) atoms. The van der Waals surface area contributed by atoms with Crippen molar-refractivity contribution in [2.75, 3.05) is 0 Å². The molecule has 0 aliphatic rings. The lowest BCUT2D eigenvalue weighted by Crippen LogP contribution is -2.15. The summed E-state index contributed by atoms with van der Waals surface area (Å²) < 4.78 is 8.30. The zero-order valence-corrected chi connectivity index (χ0v) is 13.7. The molecule has 8 heteroatoms. The maximum Gasteiger partial charge on any atom is 0.420 e. The predicted octanol–water partition coefficient (Wildman–Crippen LogP) is 3.53. The average Bonchev–Trinajstić information content (AvgIpc) is 3.14. The second-order valence-corrected chi connectivity index (χ2v) is 6.07. The highest BCUT2D eigenvalue weighted by molar-refractivity contribution is 6.31. The molecule has 4 rings (SSSR count). The Balaban J connectivity index is 1.69. The largest absolute Gasteiger partial charge is 0.420 e. The van der Waals surface area contributed by atoms with E-state index in [1.54, 1.807) is 41.2 Å². The molecule has 0 unspecified atom stereocenters. The van der Waals surface area contributed by atoms with Crippen LogP contribution < -0.4 is 5.76 Å². The fourth-order valence-electron chi connectivity index (χ4n) is 2.44. The standard InChI is InChI=1S/C16H10Cl2N4O2/c17-10-1-4-13(5-2-10)22-9-12(19-20-22)8-21-14-7-11(18)3-6-15(14)24-16(21)23/h1-7,9H,8H2. The first-order valence-electron chi connectivity index (χ1n) is 7.06. The molecule has 0 amide bonds. The number of benzene rings is 2. The van der Waals surface area contributed by atoms with Crippen molar-refractivity contribution in [3.8, 4) is 5.69 Å². The third-order valence-corrected chi connectivity index (χ3v) is 4.07. The van der Waals surface area contributed by atoms with E-state index in [1.165, 1.54) is 4.57 Å². The highest BCUT2D eigenvalue weighted by Crippen LogP contribution is 2.19. The van der Waals surface area contributed by atoms with Gasteiger partial charge < -0.3 is 4.42 Å². The molecule has 0 spiro atoms. The van der Waals surface area contributed by atoms with Crippen LogP contribution in [0.2, 0.25) is 10.0 Å². The van der Waals surface area contributed by atoms with E-state index < -0.39 is 5.76 Å². The van der Waals surface area contributed by atoms with Gasteiger partial charge in [0.05, 0.1) is 23.9 Å². The molecule has 6 nitrogen and oxygen atoms in total. The molecular weight excluding hydrogens is 351 g/mol. The third kappa shape index (κ3) is 2.70. The number of oxazole rings is 1. The zero-order chi connectivity index (χ0) is 16.7. The lowest BCUT2D eigenvalue weighted by molar-refractivity contribution is 0.516. The molecule has 0 N–H and O–H groups in total. The Morgan fingerprint density at radius 1 is 1.04 bits per heavy atom. The molecule has 120 valence electrons. The minimum absolute atomic E-state index is 0.236. The smallest absolute Gasteiger partial charge is 0.408 e. The first-order valence-corrected chi connectivity index (χ1v) is 7.82. The summed E-state index contributed by atoms with van der Waals surface area (Å²) in [6.45, 7) is 0.236. The van der Waals surface area contributed by atoms with Crippen LogP contribution in [-0.2, 0) is 6.54 Å². The SMILES string of the molecule is O=c1oc2ccc(Cl)cc2n1Cc1cn(-c2ccc(Cl)cc2)nn1. The number of rotatable bonds is 3. The van der Waals surface area contributed by atoms with Gasteiger partial charge in [-0.1, -0.05) is 28.4 Å². The Morgan fingerprint density at radius 3 is 2.58 bits per heavy atom. The van der Waals surface area contributed by atoms with E-state index in [4.69, 9.17) is 27.6 Å². The van der Waals surface area contributed by atoms with Gasteiger partial charge in [0, 0.05) is 10.0 Å². The van der Waals surface area contributed by atoms with E-state index in [1.807, 2.05) is 12.1 Å². The van der Waals surface area contributed by atoms with Crippen LogP contribution >= 0.6 is 23.2 Å². The summed E-state index contributed by atoms with van der Waals surface area (Å²) in [5.74, 6) is -0.465. The van der Waals surface area contributed by atoms with Crippen molar-refractivity contribution in [1.82, 2.24) is 19.6 Å². The number of hydrogen-bond acceptors (Lipinski definition) is 4. The monoisotopic (exact) mass is 360 g/mol. The molecule has 0 radical (unpaired) electrons. The Morgan fingerprint density at radius 2 is 1.79 bits per heavy atom. The number of halogens is 2. The summed E-state index contributed by atoms with van der Waals surface area (Å²) in [5, 5.41) is 9.36. The van der Waals surface area contributed by atoms with E-state index in [0.717, 1.165) is 5.69 Å². The van der Waals surface area contributed by atoms with E-state index >= 15 is 0 Å². The minimum atomic E-state index is -0.465. The molecule has 0 atom stereocenters. The highest BCUT2D eigenvalue weighted by Gasteiger charge is 2.12. The quantitative estimate of drug-likeness (QED) is 0.560. The summed E-state index contributed by atoms with van der Waals surface area (Å²) in [7, 11) is 0. The fourth-order valence-corrected chi connectivity index (χ4v) is 2.73. The Kier molecular flexibility index (Phi) is 3.63. The zero-order valence-electron chi connectivity index (χ0n) is 12.2. The molecule has 2 aromatic heterocycles. The molecule has 0 aliphatic heterocycles. The first-order chi connectivity index (χ1) is 11.6. The van der Waals surface area contributed by atoms with Crippen LogP contribution in [0.5, 0.6) is 0 Å². The van der Waals surface area contributed by atoms with Crippen molar-refractivity contribution in [3.05, 3.63) is 75.0 Å². The average molecular weight is 361 g/mol. The van der Waals surface area contributed by atoms with E-state index in [0.29, 0.717) is 26.8 Å². The van der Waals surface area contributed by atoms with Gasteiger partial charge in [-0.2, -0.15) is 0 Å². The molecule has 4 aromatic rings. The molecule has 2 heterocycles. The van der Waals surface area contributed by atoms with Crippen molar-refractivity contribution >= 4 is 34.3 Å². The maximum atomic E-state index is 12.1. The molecule has 0 aliphatic carbocycles. The molecule has 0 fully saturated rings. The van der Waals surface area contributed by atoms with Gasteiger partial charge in [-0.05, 0) is 42.5 Å². The lowest BCUT2D eigenvalue weighted by Gasteiger charge is -2.00. The lowest BCUT2D eigenvalue weighted by atomic mass is 10.3. The van der Waals surface area contributed by atoms with Crippen LogP contribution in [0.4, 0.5) is 0 Å². The van der Waals surface area contributed by atoms with Gasteiger partial charge in [0.1, 0.15) is 5.69 Å². The highest BCUT2D eigenvalue weighted by atomic mass is 35.5. The van der Waals surface area contributed by atoms with Crippen molar-refractivity contribution in [3.63, 3.8) is 0 Å². The van der Waals surface area contributed by atoms with Crippen LogP contribution in [0.1, 0.15) is 5.69 Å². The van der Waals surface area contributed by atoms with Crippen molar-refractivity contribution in [2.45, 2.75) is 6.54 Å². The summed E-state index contributed by atoms with van der Waals surface area (Å²) in [4.78, 5) is 12.1. The van der Waals surface area contributed by atoms with Crippen LogP contribution in [0.3, 0.4) is 0 Å². The minimum Gasteiger partial charge on any atom is -0.408 e. The Hall–Kier alpha value is -2.57. The molecule has 2 aromatic carbocycles. The number of aromatic nitrogens is 4. The van der Waals surface area contributed by atoms with Gasteiger partial charge >= 0.3 is 5.76 Å². The van der Waals surface area contributed by atoms with Crippen LogP contribution in [0.25, 0.3) is 16.8 Å². The maximum absolute atomic E-state index is 12.1. The Labute approximate surface area is 145 Å². The molecular formula is C16H10Cl2N4O2. The van der Waals surface area contributed by atoms with Gasteiger partial charge in [-0.15, -0.1) is 5.10 Å². The number of fused-ring (bicyclic) bond motifs is 1. The second-order valence-electron chi connectivity index (χ2n) is 5.20. The number of hydrogen-bond donors (Lipinski definition) is 0. The van der Waals surface area contributed by atoms with Crippen molar-refractivity contribution in [1.29, 1.82) is 0 Å². The molecule has 0 saturated carbocycles. The Bertz CT molecular complexity index is 1080. The molecule has 0 saturated heterocycles. The van der Waals surface area contributed by atoms with Crippen molar-refractivity contribution < 1.29 is 4.42 Å². The van der Waals surface area contributed by atoms with Gasteiger partial charge in [-0.25, -0.2) is 9.48 Å². The van der Waals surface area contributed by atoms with Gasteiger partial charge in [-0.3, -0.25) is 4.57 Å². The van der Waals surface area contributed by atoms with E-state index in [2.05, 4.69) is 10.3 Å². The normalized spacial score (nSPS) is 11.2. The summed E-state index contributed by atoms with van der Waals surface area (Å²) in [6, 6.07) is 12.2.